The Bertz CT molecular complexity index is 1450. The number of nitrogens with zero attached hydrogens (tertiary/aromatic N) is 7. The molecule has 0 unspecified atom stereocenters. The van der Waals surface area contributed by atoms with E-state index in [1.54, 1.807) is 12.5 Å². The van der Waals surface area contributed by atoms with E-state index < -0.39 is 0 Å². The summed E-state index contributed by atoms with van der Waals surface area (Å²) in [5.74, 6) is 1.83. The molecule has 1 N–H and O–H groups in total. The lowest BCUT2D eigenvalue weighted by molar-refractivity contribution is 0.271. The van der Waals surface area contributed by atoms with E-state index in [1.807, 2.05) is 73.3 Å². The largest absolute Gasteiger partial charge is 0.477 e. The van der Waals surface area contributed by atoms with Crippen LogP contribution in [0.2, 0.25) is 0 Å². The van der Waals surface area contributed by atoms with Crippen LogP contribution in [-0.2, 0) is 0 Å². The van der Waals surface area contributed by atoms with Crippen molar-refractivity contribution in [1.82, 2.24) is 34.6 Å². The summed E-state index contributed by atoms with van der Waals surface area (Å²) in [6.07, 6.45) is 4.46. The molecule has 0 spiro atoms. The van der Waals surface area contributed by atoms with E-state index >= 15 is 0 Å². The Morgan fingerprint density at radius 2 is 1.84 bits per heavy atom. The molecule has 3 heterocycles. The Balaban J connectivity index is 1.30. The van der Waals surface area contributed by atoms with Gasteiger partial charge < -0.3 is 15.0 Å². The smallest absolute Gasteiger partial charge is 0.233 e. The number of hydrogen-bond donors (Lipinski definition) is 1. The van der Waals surface area contributed by atoms with Gasteiger partial charge in [0.05, 0.1) is 29.4 Å². The van der Waals surface area contributed by atoms with Crippen LogP contribution in [0, 0.1) is 0 Å². The molecular formula is C28H30N8O. The van der Waals surface area contributed by atoms with Gasteiger partial charge in [0, 0.05) is 24.4 Å². The highest BCUT2D eigenvalue weighted by molar-refractivity contribution is 5.82. The molecule has 1 atom stereocenters. The van der Waals surface area contributed by atoms with E-state index in [0.717, 1.165) is 41.1 Å². The number of nitrogens with one attached hydrogen (secondary N) is 1. The third-order valence-corrected chi connectivity index (χ3v) is 6.02. The summed E-state index contributed by atoms with van der Waals surface area (Å²) in [5.41, 5.74) is 4.66. The van der Waals surface area contributed by atoms with Crippen LogP contribution in [0.1, 0.15) is 24.9 Å². The lowest BCUT2D eigenvalue weighted by Crippen LogP contribution is -2.15. The maximum absolute atomic E-state index is 5.70. The maximum Gasteiger partial charge on any atom is 0.233 e. The van der Waals surface area contributed by atoms with Crippen LogP contribution in [0.4, 0.5) is 5.95 Å². The molecule has 9 nitrogen and oxygen atoms in total. The third-order valence-electron chi connectivity index (χ3n) is 6.02. The van der Waals surface area contributed by atoms with E-state index in [1.165, 1.54) is 5.56 Å². The first-order chi connectivity index (χ1) is 18.1. The number of benzene rings is 2. The molecule has 9 heteroatoms. The number of hydrogen-bond acceptors (Lipinski definition) is 8. The summed E-state index contributed by atoms with van der Waals surface area (Å²) in [6, 6.07) is 22.0. The van der Waals surface area contributed by atoms with Crippen molar-refractivity contribution in [2.45, 2.75) is 19.4 Å². The maximum atomic E-state index is 5.70. The van der Waals surface area contributed by atoms with Gasteiger partial charge in [0.2, 0.25) is 11.8 Å². The van der Waals surface area contributed by atoms with Crippen LogP contribution < -0.4 is 10.1 Å². The summed E-state index contributed by atoms with van der Waals surface area (Å²) in [7, 11) is 4.09. The highest BCUT2D eigenvalue weighted by Crippen LogP contribution is 2.25. The molecule has 0 fully saturated rings. The Hall–Kier alpha value is -4.37. The standard InChI is InChI=1S/C28H30N8O/c1-20(21-8-5-4-6-9-21)31-28-29-15-14-26(32-28)36-19-30-24-18-22(10-12-25(24)36)23-11-13-27(34-33-23)37-17-7-16-35(2)3/h4-6,8-15,18-20H,7,16-17H2,1-3H3,(H,29,31,32)/t20-/m0/s1. The molecule has 188 valence electrons. The summed E-state index contributed by atoms with van der Waals surface area (Å²) < 4.78 is 7.65. The van der Waals surface area contributed by atoms with Gasteiger partial charge in [-0.25, -0.2) is 9.97 Å². The molecule has 0 aliphatic carbocycles. The second-order valence-corrected chi connectivity index (χ2v) is 9.10. The fraction of sp³-hybridized carbons (Fsp3) is 0.250. The van der Waals surface area contributed by atoms with Gasteiger partial charge in [-0.15, -0.1) is 10.2 Å². The second kappa shape index (κ2) is 11.1. The molecule has 3 aromatic heterocycles. The summed E-state index contributed by atoms with van der Waals surface area (Å²) >= 11 is 0. The lowest BCUT2D eigenvalue weighted by Gasteiger charge is -2.14. The van der Waals surface area contributed by atoms with E-state index in [2.05, 4.69) is 49.4 Å². The fourth-order valence-electron chi connectivity index (χ4n) is 4.03. The fourth-order valence-corrected chi connectivity index (χ4v) is 4.03. The van der Waals surface area contributed by atoms with Crippen molar-refractivity contribution >= 4 is 17.0 Å². The Morgan fingerprint density at radius 3 is 2.62 bits per heavy atom. The van der Waals surface area contributed by atoms with E-state index in [9.17, 15) is 0 Å². The van der Waals surface area contributed by atoms with Gasteiger partial charge >= 0.3 is 0 Å². The average molecular weight is 495 g/mol. The first-order valence-electron chi connectivity index (χ1n) is 12.3. The van der Waals surface area contributed by atoms with Gasteiger partial charge in [0.1, 0.15) is 12.1 Å². The van der Waals surface area contributed by atoms with Crippen molar-refractivity contribution in [2.24, 2.45) is 0 Å². The van der Waals surface area contributed by atoms with Gasteiger partial charge in [-0.1, -0.05) is 36.4 Å². The predicted octanol–water partition coefficient (Wildman–Crippen LogP) is 4.78. The molecule has 0 radical (unpaired) electrons. The minimum Gasteiger partial charge on any atom is -0.477 e. The minimum absolute atomic E-state index is 0.0782. The van der Waals surface area contributed by atoms with E-state index in [0.29, 0.717) is 18.4 Å². The summed E-state index contributed by atoms with van der Waals surface area (Å²) in [4.78, 5) is 15.9. The molecule has 5 rings (SSSR count). The summed E-state index contributed by atoms with van der Waals surface area (Å²) in [5, 5.41) is 12.0. The van der Waals surface area contributed by atoms with Crippen LogP contribution in [0.25, 0.3) is 28.1 Å². The zero-order chi connectivity index (χ0) is 25.6. The molecule has 0 aliphatic rings. The van der Waals surface area contributed by atoms with Crippen molar-refractivity contribution < 1.29 is 4.74 Å². The Morgan fingerprint density at radius 1 is 0.973 bits per heavy atom. The van der Waals surface area contributed by atoms with Crippen LogP contribution in [0.15, 0.2) is 79.3 Å². The van der Waals surface area contributed by atoms with Crippen LogP contribution in [0.3, 0.4) is 0 Å². The van der Waals surface area contributed by atoms with Crippen molar-refractivity contribution in [3.8, 4) is 23.0 Å². The van der Waals surface area contributed by atoms with Crippen molar-refractivity contribution in [3.63, 3.8) is 0 Å². The average Bonchev–Trinajstić information content (AvgIpc) is 3.35. The number of aromatic nitrogens is 6. The number of imidazole rings is 1. The van der Waals surface area contributed by atoms with Crippen molar-refractivity contribution in [3.05, 3.63) is 84.8 Å². The monoisotopic (exact) mass is 494 g/mol. The normalized spacial score (nSPS) is 12.1. The van der Waals surface area contributed by atoms with Gasteiger partial charge in [-0.05, 0) is 57.3 Å². The van der Waals surface area contributed by atoms with E-state index in [-0.39, 0.29) is 6.04 Å². The number of ether oxygens (including phenoxy) is 1. The van der Waals surface area contributed by atoms with Crippen LogP contribution >= 0.6 is 0 Å². The molecular weight excluding hydrogens is 464 g/mol. The Labute approximate surface area is 216 Å². The molecule has 37 heavy (non-hydrogen) atoms. The first-order valence-corrected chi connectivity index (χ1v) is 12.3. The van der Waals surface area contributed by atoms with E-state index in [4.69, 9.17) is 9.72 Å². The quantitative estimate of drug-likeness (QED) is 0.277. The lowest BCUT2D eigenvalue weighted by atomic mass is 10.1. The molecule has 0 bridgehead atoms. The van der Waals surface area contributed by atoms with Gasteiger partial charge in [-0.3, -0.25) is 4.57 Å². The highest BCUT2D eigenvalue weighted by Gasteiger charge is 2.11. The number of anilines is 1. The van der Waals surface area contributed by atoms with Crippen LogP contribution in [-0.4, -0.2) is 61.9 Å². The van der Waals surface area contributed by atoms with Gasteiger partial charge in [-0.2, -0.15) is 4.98 Å². The van der Waals surface area contributed by atoms with Crippen molar-refractivity contribution in [2.75, 3.05) is 32.6 Å². The number of rotatable bonds is 10. The SMILES string of the molecule is C[C@H](Nc1nccc(-n2cnc3cc(-c4ccc(OCCCN(C)C)nn4)ccc32)n1)c1ccccc1. The predicted molar refractivity (Wildman–Crippen MR) is 145 cm³/mol. The summed E-state index contributed by atoms with van der Waals surface area (Å²) in [6.45, 7) is 3.67. The molecule has 0 saturated carbocycles. The highest BCUT2D eigenvalue weighted by atomic mass is 16.5. The van der Waals surface area contributed by atoms with Crippen molar-refractivity contribution in [1.29, 1.82) is 0 Å². The third kappa shape index (κ3) is 5.90. The molecule has 0 aliphatic heterocycles. The topological polar surface area (TPSA) is 93.9 Å². The Kier molecular flexibility index (Phi) is 7.32. The number of fused-ring (bicyclic) bond motifs is 1. The van der Waals surface area contributed by atoms with Gasteiger partial charge in [0.15, 0.2) is 0 Å². The van der Waals surface area contributed by atoms with Crippen LogP contribution in [0.5, 0.6) is 5.88 Å². The van der Waals surface area contributed by atoms with Gasteiger partial charge in [0.25, 0.3) is 0 Å². The first kappa shape index (κ1) is 24.3. The molecule has 2 aromatic carbocycles. The molecule has 0 amide bonds. The zero-order valence-corrected chi connectivity index (χ0v) is 21.2. The minimum atomic E-state index is 0.0782. The molecule has 5 aromatic rings. The zero-order valence-electron chi connectivity index (χ0n) is 21.2. The second-order valence-electron chi connectivity index (χ2n) is 9.10. The molecule has 0 saturated heterocycles.